The summed E-state index contributed by atoms with van der Waals surface area (Å²) in [4.78, 5) is 68.4. The van der Waals surface area contributed by atoms with Gasteiger partial charge in [-0.3, -0.25) is 24.3 Å². The van der Waals surface area contributed by atoms with Crippen molar-refractivity contribution in [2.24, 2.45) is 0 Å². The maximum Gasteiger partial charge on any atom is 0.547 e. The number of carboxylic acids is 1. The molecule has 1 unspecified atom stereocenters. The standard InChI is InChI=1S/C23H22BClFN5O9/c1-2-30-5-6-31(21(35)20(30)34)23(38)29-17(16-12(25)8-11(32)9-27-16)19(33)28-14-7-10-3-4-13(26)15(22(36)37)18(10)40-24(14)39/h3-4,8-9,14,17,32,39H,2,5-7H2,1H3,(H,28,33)(H,29,38)(H,36,37)/t14-,17?/m0/s1. The van der Waals surface area contributed by atoms with Crippen LogP contribution in [0.5, 0.6) is 11.5 Å². The second-order valence-corrected chi connectivity index (χ2v) is 9.24. The highest BCUT2D eigenvalue weighted by Gasteiger charge is 2.42. The number of likely N-dealkylation sites (N-methyl/N-ethyl adjacent to an activating group) is 1. The maximum absolute atomic E-state index is 14.0. The number of imide groups is 1. The molecule has 210 valence electrons. The number of aromatic hydroxyl groups is 1. The van der Waals surface area contributed by atoms with Crippen LogP contribution < -0.4 is 15.3 Å². The van der Waals surface area contributed by atoms with E-state index in [4.69, 9.17) is 16.3 Å². The lowest BCUT2D eigenvalue weighted by molar-refractivity contribution is -0.153. The van der Waals surface area contributed by atoms with Crippen LogP contribution in [-0.2, 0) is 20.8 Å². The molecule has 1 fully saturated rings. The van der Waals surface area contributed by atoms with Gasteiger partial charge in [-0.1, -0.05) is 17.7 Å². The van der Waals surface area contributed by atoms with E-state index in [0.29, 0.717) is 4.90 Å². The number of carboxylic acid groups (broad SMARTS) is 1. The van der Waals surface area contributed by atoms with Crippen LogP contribution in [0.1, 0.15) is 34.6 Å². The molecule has 2 aliphatic heterocycles. The highest BCUT2D eigenvalue weighted by atomic mass is 35.5. The van der Waals surface area contributed by atoms with Gasteiger partial charge in [-0.25, -0.2) is 14.0 Å². The third kappa shape index (κ3) is 5.48. The van der Waals surface area contributed by atoms with Crippen molar-refractivity contribution in [3.8, 4) is 11.5 Å². The fourth-order valence-electron chi connectivity index (χ4n) is 4.31. The third-order valence-corrected chi connectivity index (χ3v) is 6.65. The zero-order valence-electron chi connectivity index (χ0n) is 20.8. The molecule has 2 aromatic rings. The van der Waals surface area contributed by atoms with Crippen molar-refractivity contribution >= 4 is 48.4 Å². The van der Waals surface area contributed by atoms with Crippen molar-refractivity contribution in [2.45, 2.75) is 25.3 Å². The van der Waals surface area contributed by atoms with E-state index in [-0.39, 0.29) is 48.1 Å². The molecule has 5 N–H and O–H groups in total. The normalized spacial score (nSPS) is 17.6. The Morgan fingerprint density at radius 3 is 2.65 bits per heavy atom. The first-order valence-corrected chi connectivity index (χ1v) is 12.3. The van der Waals surface area contributed by atoms with Crippen LogP contribution in [0.25, 0.3) is 0 Å². The van der Waals surface area contributed by atoms with E-state index in [9.17, 15) is 43.6 Å². The Kier molecular flexibility index (Phi) is 8.11. The highest BCUT2D eigenvalue weighted by molar-refractivity contribution is 6.47. The zero-order valence-corrected chi connectivity index (χ0v) is 21.5. The molecule has 1 saturated heterocycles. The quantitative estimate of drug-likeness (QED) is 0.227. The minimum absolute atomic E-state index is 0.0769. The number of carbonyl (C=O) groups is 5. The van der Waals surface area contributed by atoms with Gasteiger partial charge in [0.25, 0.3) is 0 Å². The predicted molar refractivity (Wildman–Crippen MR) is 134 cm³/mol. The number of hydrogen-bond acceptors (Lipinski definition) is 9. The lowest BCUT2D eigenvalue weighted by Gasteiger charge is -2.33. The molecule has 0 aliphatic carbocycles. The third-order valence-electron chi connectivity index (χ3n) is 6.35. The number of aromatic nitrogens is 1. The molecule has 0 saturated carbocycles. The lowest BCUT2D eigenvalue weighted by atomic mass is 9.72. The van der Waals surface area contributed by atoms with E-state index in [1.54, 1.807) is 6.92 Å². The molecule has 0 radical (unpaired) electrons. The number of pyridine rings is 1. The Hall–Kier alpha value is -4.44. The summed E-state index contributed by atoms with van der Waals surface area (Å²) < 4.78 is 19.3. The van der Waals surface area contributed by atoms with Crippen LogP contribution in [0.2, 0.25) is 5.02 Å². The summed E-state index contributed by atoms with van der Waals surface area (Å²) in [6, 6.07) is 0.402. The van der Waals surface area contributed by atoms with E-state index in [1.165, 1.54) is 11.0 Å². The summed E-state index contributed by atoms with van der Waals surface area (Å²) in [7, 11) is -1.82. The molecule has 1 aromatic carbocycles. The number of amides is 5. The summed E-state index contributed by atoms with van der Waals surface area (Å²) in [5.74, 6) is -7.64. The van der Waals surface area contributed by atoms with E-state index < -0.39 is 66.0 Å². The minimum Gasteiger partial charge on any atom is -0.534 e. The van der Waals surface area contributed by atoms with Gasteiger partial charge >= 0.3 is 30.9 Å². The predicted octanol–water partition coefficient (Wildman–Crippen LogP) is -0.141. The van der Waals surface area contributed by atoms with E-state index in [1.807, 2.05) is 0 Å². The van der Waals surface area contributed by atoms with Crippen molar-refractivity contribution in [2.75, 3.05) is 19.6 Å². The molecular formula is C23H22BClFN5O9. The first-order chi connectivity index (χ1) is 18.9. The Morgan fingerprint density at radius 1 is 1.27 bits per heavy atom. The number of halogens is 2. The number of nitrogens with zero attached hydrogens (tertiary/aromatic N) is 3. The molecule has 4 rings (SSSR count). The van der Waals surface area contributed by atoms with Gasteiger partial charge in [-0.15, -0.1) is 0 Å². The molecule has 0 spiro atoms. The summed E-state index contributed by atoms with van der Waals surface area (Å²) in [6.07, 6.45) is 0.769. The maximum atomic E-state index is 14.0. The first kappa shape index (κ1) is 28.6. The number of aromatic carboxylic acids is 1. The van der Waals surface area contributed by atoms with Crippen LogP contribution in [0.3, 0.4) is 0 Å². The monoisotopic (exact) mass is 577 g/mol. The molecular weight excluding hydrogens is 556 g/mol. The second kappa shape index (κ2) is 11.4. The molecule has 2 atom stereocenters. The highest BCUT2D eigenvalue weighted by Crippen LogP contribution is 2.32. The fraction of sp³-hybridized carbons (Fsp3) is 0.304. The van der Waals surface area contributed by atoms with Crippen molar-refractivity contribution in [1.82, 2.24) is 25.4 Å². The van der Waals surface area contributed by atoms with Crippen molar-refractivity contribution < 1.29 is 48.3 Å². The molecule has 14 nitrogen and oxygen atoms in total. The SMILES string of the molecule is CCN1CCN(C(=O)NC(C(=O)N[C@H]2Cc3ccc(F)c(C(=O)O)c3OB2O)c2ncc(O)cc2Cl)C(=O)C1=O. The van der Waals surface area contributed by atoms with Gasteiger partial charge in [-0.05, 0) is 25.0 Å². The number of rotatable bonds is 6. The van der Waals surface area contributed by atoms with Crippen molar-refractivity contribution in [3.05, 3.63) is 52.1 Å². The van der Waals surface area contributed by atoms with E-state index >= 15 is 0 Å². The second-order valence-electron chi connectivity index (χ2n) is 8.83. The molecule has 1 aromatic heterocycles. The smallest absolute Gasteiger partial charge is 0.534 e. The number of piperazine rings is 1. The molecule has 0 bridgehead atoms. The van der Waals surface area contributed by atoms with Crippen LogP contribution in [0.15, 0.2) is 24.4 Å². The number of fused-ring (bicyclic) bond motifs is 1. The van der Waals surface area contributed by atoms with Gasteiger partial charge < -0.3 is 35.4 Å². The topological polar surface area (TPSA) is 199 Å². The first-order valence-electron chi connectivity index (χ1n) is 11.9. The van der Waals surface area contributed by atoms with Crippen LogP contribution in [0, 0.1) is 5.82 Å². The number of hydrogen-bond donors (Lipinski definition) is 5. The van der Waals surface area contributed by atoms with Crippen molar-refractivity contribution in [1.29, 1.82) is 0 Å². The number of urea groups is 1. The molecule has 17 heteroatoms. The summed E-state index contributed by atoms with van der Waals surface area (Å²) in [5, 5.41) is 34.0. The van der Waals surface area contributed by atoms with E-state index in [2.05, 4.69) is 15.6 Å². The summed E-state index contributed by atoms with van der Waals surface area (Å²) in [5.41, 5.74) is -0.847. The fourth-order valence-corrected chi connectivity index (χ4v) is 4.58. The Bertz CT molecular complexity index is 1410. The number of nitrogens with one attached hydrogen (secondary N) is 2. The van der Waals surface area contributed by atoms with Crippen LogP contribution >= 0.6 is 11.6 Å². The summed E-state index contributed by atoms with van der Waals surface area (Å²) >= 11 is 6.17. The van der Waals surface area contributed by atoms with Crippen LogP contribution in [0.4, 0.5) is 9.18 Å². The van der Waals surface area contributed by atoms with Gasteiger partial charge in [-0.2, -0.15) is 0 Å². The van der Waals surface area contributed by atoms with Gasteiger partial charge in [0, 0.05) is 25.7 Å². The molecule has 5 amide bonds. The molecule has 3 heterocycles. The Balaban J connectivity index is 1.59. The lowest BCUT2D eigenvalue weighted by Crippen LogP contribution is -2.60. The largest absolute Gasteiger partial charge is 0.547 e. The average Bonchev–Trinajstić information content (AvgIpc) is 2.89. The summed E-state index contributed by atoms with van der Waals surface area (Å²) in [6.45, 7) is 1.85. The van der Waals surface area contributed by atoms with Gasteiger partial charge in [0.05, 0.1) is 22.9 Å². The van der Waals surface area contributed by atoms with E-state index in [0.717, 1.165) is 18.3 Å². The van der Waals surface area contributed by atoms with Gasteiger partial charge in [0.1, 0.15) is 22.9 Å². The zero-order chi connectivity index (χ0) is 29.3. The Labute approximate surface area is 230 Å². The van der Waals surface area contributed by atoms with Gasteiger partial charge in [0.15, 0.2) is 6.04 Å². The van der Waals surface area contributed by atoms with Gasteiger partial charge in [0.2, 0.25) is 5.91 Å². The number of benzene rings is 1. The van der Waals surface area contributed by atoms with Crippen LogP contribution in [-0.4, -0.2) is 92.4 Å². The number of carbonyl (C=O) groups excluding carboxylic acids is 4. The minimum atomic E-state index is -1.82. The average molecular weight is 578 g/mol. The Morgan fingerprint density at radius 2 is 2.00 bits per heavy atom. The molecule has 2 aliphatic rings. The van der Waals surface area contributed by atoms with Crippen molar-refractivity contribution in [3.63, 3.8) is 0 Å². The molecule has 40 heavy (non-hydrogen) atoms.